The van der Waals surface area contributed by atoms with Gasteiger partial charge in [0.1, 0.15) is 10.6 Å². The summed E-state index contributed by atoms with van der Waals surface area (Å²) in [4.78, 5) is 56.4. The van der Waals surface area contributed by atoms with Crippen molar-refractivity contribution in [3.05, 3.63) is 126 Å². The first kappa shape index (κ1) is 29.4. The number of aromatic nitrogens is 4. The van der Waals surface area contributed by atoms with Gasteiger partial charge in [-0.2, -0.15) is 0 Å². The summed E-state index contributed by atoms with van der Waals surface area (Å²) < 4.78 is 13.1. The fourth-order valence-electron chi connectivity index (χ4n) is 5.43. The fraction of sp³-hybridized carbons (Fsp3) is 0.229. The first-order valence-corrected chi connectivity index (χ1v) is 16.0. The van der Waals surface area contributed by atoms with Crippen LogP contribution in [0.3, 0.4) is 0 Å². The van der Waals surface area contributed by atoms with Crippen molar-refractivity contribution < 1.29 is 14.1 Å². The van der Waals surface area contributed by atoms with Gasteiger partial charge in [0.25, 0.3) is 5.56 Å². The molecule has 0 spiro atoms. The zero-order valence-electron chi connectivity index (χ0n) is 25.0. The van der Waals surface area contributed by atoms with E-state index < -0.39 is 17.0 Å². The van der Waals surface area contributed by atoms with Crippen molar-refractivity contribution in [2.24, 2.45) is 5.92 Å². The van der Waals surface area contributed by atoms with Gasteiger partial charge in [-0.05, 0) is 72.2 Å². The van der Waals surface area contributed by atoms with Crippen LogP contribution < -0.4 is 21.7 Å². The minimum Gasteiger partial charge on any atom is -0.493 e. The number of ether oxygens (including phenoxy) is 1. The summed E-state index contributed by atoms with van der Waals surface area (Å²) in [6.45, 7) is 2.51. The highest BCUT2D eigenvalue weighted by molar-refractivity contribution is 7.18. The Morgan fingerprint density at radius 2 is 1.72 bits per heavy atom. The highest BCUT2D eigenvalue weighted by atomic mass is 32.1. The Morgan fingerprint density at radius 3 is 2.39 bits per heavy atom. The smallest absolute Gasteiger partial charge is 0.439 e. The molecule has 1 aliphatic rings. The Bertz CT molecular complexity index is 2230. The maximum Gasteiger partial charge on any atom is 0.439 e. The number of aryl methyl sites for hydroxylation is 1. The number of nitrogens with one attached hydrogen (secondary N) is 1. The summed E-state index contributed by atoms with van der Waals surface area (Å²) in [5.74, 6) is 0.672. The first-order valence-electron chi connectivity index (χ1n) is 15.1. The third-order valence-corrected chi connectivity index (χ3v) is 9.49. The molecule has 1 aliphatic carbocycles. The van der Waals surface area contributed by atoms with E-state index >= 15 is 0 Å². The average Bonchev–Trinajstić information content (AvgIpc) is 3.65. The van der Waals surface area contributed by atoms with Crippen molar-refractivity contribution in [1.29, 1.82) is 0 Å². The molecule has 0 radical (unpaired) electrons. The van der Waals surface area contributed by atoms with E-state index in [2.05, 4.69) is 10.1 Å². The Hall–Kier alpha value is -5.29. The normalized spacial score (nSPS) is 12.9. The highest BCUT2D eigenvalue weighted by Crippen LogP contribution is 2.31. The minimum atomic E-state index is -0.633. The van der Waals surface area contributed by atoms with Gasteiger partial charge in [0.2, 0.25) is 0 Å². The van der Waals surface area contributed by atoms with Crippen LogP contribution in [0.5, 0.6) is 5.75 Å². The predicted octanol–water partition coefficient (Wildman–Crippen LogP) is 5.52. The number of benzene rings is 3. The summed E-state index contributed by atoms with van der Waals surface area (Å²) in [7, 11) is 0. The van der Waals surface area contributed by atoms with Crippen LogP contribution in [0.4, 0.5) is 0 Å². The molecular formula is C35H30N4O6S. The molecule has 3 aromatic carbocycles. The fourth-order valence-corrected chi connectivity index (χ4v) is 6.51. The molecule has 3 heterocycles. The van der Waals surface area contributed by atoms with Gasteiger partial charge in [-0.15, -0.1) is 11.3 Å². The Labute approximate surface area is 266 Å². The van der Waals surface area contributed by atoms with Gasteiger partial charge in [-0.25, -0.2) is 9.59 Å². The monoisotopic (exact) mass is 634 g/mol. The minimum absolute atomic E-state index is 0.207. The lowest BCUT2D eigenvalue weighted by molar-refractivity contribution is 0.0969. The second-order valence-corrected chi connectivity index (χ2v) is 12.5. The number of fused-ring (bicyclic) bond motifs is 1. The molecule has 6 aromatic rings. The molecule has 0 amide bonds. The van der Waals surface area contributed by atoms with E-state index in [4.69, 9.17) is 9.26 Å². The zero-order chi connectivity index (χ0) is 31.8. The predicted molar refractivity (Wildman–Crippen MR) is 176 cm³/mol. The molecule has 0 aliphatic heterocycles. The van der Waals surface area contributed by atoms with Crippen LogP contribution in [-0.2, 0) is 19.5 Å². The van der Waals surface area contributed by atoms with Crippen LogP contribution in [0.1, 0.15) is 40.6 Å². The van der Waals surface area contributed by atoms with Crippen molar-refractivity contribution in [1.82, 2.24) is 19.3 Å². The number of aromatic amines is 1. The van der Waals surface area contributed by atoms with E-state index in [0.717, 1.165) is 26.1 Å². The Balaban J connectivity index is 1.19. The van der Waals surface area contributed by atoms with Crippen LogP contribution in [-0.4, -0.2) is 31.7 Å². The molecular weight excluding hydrogens is 604 g/mol. The van der Waals surface area contributed by atoms with E-state index in [9.17, 15) is 19.2 Å². The molecule has 1 saturated carbocycles. The molecule has 0 atom stereocenters. The van der Waals surface area contributed by atoms with Crippen LogP contribution in [0, 0.1) is 5.92 Å². The third-order valence-electron chi connectivity index (χ3n) is 8.18. The lowest BCUT2D eigenvalue weighted by Crippen LogP contribution is -2.41. The summed E-state index contributed by atoms with van der Waals surface area (Å²) in [5.41, 5.74) is 2.67. The maximum absolute atomic E-state index is 13.9. The SMILES string of the molecule is CCc1cc2c(=O)n(CC(=O)c3ccc(OCC4CC4)cc3)c(=O)n(Cc3ccc(-c4ccccc4-c4noc(=O)[nH]4)cc3)c2s1. The van der Waals surface area contributed by atoms with Gasteiger partial charge in [0, 0.05) is 16.0 Å². The number of carbonyl (C=O) groups excluding carboxylic acids is 1. The lowest BCUT2D eigenvalue weighted by atomic mass is 9.98. The molecule has 0 unspecified atom stereocenters. The number of nitrogens with zero attached hydrogens (tertiary/aromatic N) is 3. The van der Waals surface area contributed by atoms with E-state index in [1.807, 2.05) is 61.5 Å². The van der Waals surface area contributed by atoms with Gasteiger partial charge in [-0.1, -0.05) is 60.6 Å². The van der Waals surface area contributed by atoms with Crippen LogP contribution >= 0.6 is 11.3 Å². The van der Waals surface area contributed by atoms with E-state index in [1.165, 1.54) is 24.2 Å². The second-order valence-electron chi connectivity index (χ2n) is 11.4. The summed E-state index contributed by atoms with van der Waals surface area (Å²) in [6, 6.07) is 23.9. The number of Topliss-reactive ketones (excluding diaryl/α,β-unsaturated/α-hetero) is 1. The van der Waals surface area contributed by atoms with Gasteiger partial charge >= 0.3 is 11.4 Å². The molecule has 0 saturated heterocycles. The van der Waals surface area contributed by atoms with Crippen molar-refractivity contribution in [3.63, 3.8) is 0 Å². The van der Waals surface area contributed by atoms with Crippen LogP contribution in [0.25, 0.3) is 32.7 Å². The van der Waals surface area contributed by atoms with Gasteiger partial charge in [-0.3, -0.25) is 28.2 Å². The molecule has 11 heteroatoms. The number of ketones is 1. The molecule has 0 bridgehead atoms. The quantitative estimate of drug-likeness (QED) is 0.186. The lowest BCUT2D eigenvalue weighted by Gasteiger charge is -2.13. The number of hydrogen-bond acceptors (Lipinski definition) is 8. The molecule has 46 heavy (non-hydrogen) atoms. The number of carbonyl (C=O) groups is 1. The summed E-state index contributed by atoms with van der Waals surface area (Å²) in [6.07, 6.45) is 3.09. The largest absolute Gasteiger partial charge is 0.493 e. The molecule has 10 nitrogen and oxygen atoms in total. The van der Waals surface area contributed by atoms with Crippen LogP contribution in [0.2, 0.25) is 0 Å². The maximum atomic E-state index is 13.9. The first-order chi connectivity index (χ1) is 22.4. The van der Waals surface area contributed by atoms with E-state index in [1.54, 1.807) is 28.8 Å². The molecule has 7 rings (SSSR count). The summed E-state index contributed by atoms with van der Waals surface area (Å²) >= 11 is 1.42. The molecule has 1 N–H and O–H groups in total. The Morgan fingerprint density at radius 1 is 0.978 bits per heavy atom. The van der Waals surface area contributed by atoms with Crippen LogP contribution in [0.15, 0.2) is 97.8 Å². The molecule has 232 valence electrons. The number of H-pyrrole nitrogens is 1. The number of hydrogen-bond donors (Lipinski definition) is 1. The van der Waals surface area contributed by atoms with E-state index in [-0.39, 0.29) is 18.9 Å². The highest BCUT2D eigenvalue weighted by Gasteiger charge is 2.22. The van der Waals surface area contributed by atoms with Gasteiger partial charge in [0.05, 0.1) is 25.1 Å². The van der Waals surface area contributed by atoms with Crippen molar-refractivity contribution in [2.45, 2.75) is 39.3 Å². The van der Waals surface area contributed by atoms with E-state index in [0.29, 0.717) is 51.9 Å². The van der Waals surface area contributed by atoms with Gasteiger partial charge < -0.3 is 4.74 Å². The van der Waals surface area contributed by atoms with Gasteiger partial charge in [0.15, 0.2) is 11.6 Å². The zero-order valence-corrected chi connectivity index (χ0v) is 25.8. The van der Waals surface area contributed by atoms with Crippen molar-refractivity contribution >= 4 is 27.3 Å². The average molecular weight is 635 g/mol. The summed E-state index contributed by atoms with van der Waals surface area (Å²) in [5, 5.41) is 4.25. The molecule has 1 fully saturated rings. The third kappa shape index (κ3) is 5.89. The number of rotatable bonds is 11. The Kier molecular flexibility index (Phi) is 7.83. The molecule has 3 aromatic heterocycles. The van der Waals surface area contributed by atoms with Crippen molar-refractivity contribution in [3.8, 4) is 28.3 Å². The number of thiophene rings is 1. The second kappa shape index (κ2) is 12.2. The standard InChI is InChI=1S/C35H30N4O6S/c1-2-26-17-29-32(41)38(19-30(40)24-13-15-25(16-14-24)44-20-22-7-8-22)35(43)39(33(29)46-26)18-21-9-11-23(12-10-21)27-5-3-4-6-28(27)31-36-34(42)45-37-31/h3-6,9-17,22H,2,7-8,18-20H2,1H3,(H,36,37,42). The topological polar surface area (TPSA) is 129 Å². The van der Waals surface area contributed by atoms with Crippen molar-refractivity contribution in [2.75, 3.05) is 6.61 Å².